The van der Waals surface area contributed by atoms with Crippen LogP contribution in [0.4, 0.5) is 10.1 Å². The first-order valence-corrected chi connectivity index (χ1v) is 16.6. The Hall–Kier alpha value is -3.90. The Kier molecular flexibility index (Phi) is 10.8. The number of amides is 4. The van der Waals surface area contributed by atoms with Crippen LogP contribution in [0.1, 0.15) is 61.4 Å². The van der Waals surface area contributed by atoms with Crippen LogP contribution >= 0.6 is 11.3 Å². The number of likely N-dealkylation sites (N-methyl/N-ethyl adjacent to an activating group) is 1. The summed E-state index contributed by atoms with van der Waals surface area (Å²) < 4.78 is 16.3. The molecular weight excluding hydrogens is 595 g/mol. The number of anilines is 1. The van der Waals surface area contributed by atoms with Crippen LogP contribution < -0.4 is 16.0 Å². The van der Waals surface area contributed by atoms with Crippen molar-refractivity contribution in [1.82, 2.24) is 25.4 Å². The molecule has 2 aromatic heterocycles. The maximum Gasteiger partial charge on any atom is 0.253 e. The fourth-order valence-electron chi connectivity index (χ4n) is 6.12. The van der Waals surface area contributed by atoms with Gasteiger partial charge in [0, 0.05) is 62.2 Å². The standard InChI is InChI=1S/C33H41FN6O4S/c1-3-29(41)36-27(33(44)40-15-13-39(2)14-16-40)18-21-9-10-26(25(34)17-21)37-32(43)30(22-7-5-4-6-8-22)38-31(42)24-20-45-28-19-35-12-11-23(24)28/h9-12,17,19-20,22,27,30H,3-8,13-16,18H2,1-2H3,(H,36,41)(H,37,43)(H,38,42)/t27-,30+/m1/s1. The van der Waals surface area contributed by atoms with Crippen LogP contribution in [-0.2, 0) is 20.8 Å². The molecule has 1 aromatic carbocycles. The van der Waals surface area contributed by atoms with E-state index in [1.165, 1.54) is 23.5 Å². The van der Waals surface area contributed by atoms with Gasteiger partial charge in [-0.3, -0.25) is 24.2 Å². The lowest BCUT2D eigenvalue weighted by molar-refractivity contribution is -0.137. The molecule has 3 heterocycles. The summed E-state index contributed by atoms with van der Waals surface area (Å²) in [6.07, 6.45) is 8.26. The molecule has 2 aliphatic rings. The number of fused-ring (bicyclic) bond motifs is 1. The van der Waals surface area contributed by atoms with Crippen LogP contribution in [0.2, 0.25) is 0 Å². The molecule has 3 aromatic rings. The summed E-state index contributed by atoms with van der Waals surface area (Å²) in [6.45, 7) is 4.32. The Balaban J connectivity index is 1.30. The van der Waals surface area contributed by atoms with E-state index in [0.717, 1.165) is 55.3 Å². The number of hydrogen-bond donors (Lipinski definition) is 3. The SMILES string of the molecule is CCC(=O)N[C@H](Cc1ccc(NC(=O)[C@@H](NC(=O)c2csc3cnccc23)C2CCCCC2)c(F)c1)C(=O)N1CCN(C)CC1. The molecule has 2 atom stereocenters. The Morgan fingerprint density at radius 3 is 2.51 bits per heavy atom. The number of piperazine rings is 1. The number of carbonyl (C=O) groups is 4. The molecule has 0 unspecified atom stereocenters. The van der Waals surface area contributed by atoms with Gasteiger partial charge in [0.05, 0.1) is 16.0 Å². The zero-order valence-electron chi connectivity index (χ0n) is 25.8. The van der Waals surface area contributed by atoms with Gasteiger partial charge in [-0.05, 0) is 49.6 Å². The highest BCUT2D eigenvalue weighted by molar-refractivity contribution is 7.17. The van der Waals surface area contributed by atoms with E-state index in [-0.39, 0.29) is 42.2 Å². The van der Waals surface area contributed by atoms with Crippen molar-refractivity contribution in [1.29, 1.82) is 0 Å². The summed E-state index contributed by atoms with van der Waals surface area (Å²) in [5.74, 6) is -1.99. The summed E-state index contributed by atoms with van der Waals surface area (Å²) in [5, 5.41) is 11.0. The number of benzene rings is 1. The second-order valence-corrected chi connectivity index (χ2v) is 12.9. The van der Waals surface area contributed by atoms with E-state index in [0.29, 0.717) is 24.2 Å². The van der Waals surface area contributed by atoms with Crippen molar-refractivity contribution in [2.75, 3.05) is 38.5 Å². The molecule has 1 aliphatic carbocycles. The van der Waals surface area contributed by atoms with Gasteiger partial charge in [-0.15, -0.1) is 11.3 Å². The predicted molar refractivity (Wildman–Crippen MR) is 172 cm³/mol. The molecule has 4 amide bonds. The van der Waals surface area contributed by atoms with Gasteiger partial charge in [0.15, 0.2) is 0 Å². The van der Waals surface area contributed by atoms with E-state index in [1.807, 2.05) is 7.05 Å². The fraction of sp³-hybridized carbons (Fsp3) is 0.485. The van der Waals surface area contributed by atoms with Gasteiger partial charge in [-0.1, -0.05) is 32.3 Å². The summed E-state index contributed by atoms with van der Waals surface area (Å²) in [6, 6.07) is 4.54. The minimum absolute atomic E-state index is 0.00889. The first kappa shape index (κ1) is 32.5. The molecule has 10 nitrogen and oxygen atoms in total. The van der Waals surface area contributed by atoms with E-state index >= 15 is 4.39 Å². The Morgan fingerprint density at radius 2 is 1.80 bits per heavy atom. The van der Waals surface area contributed by atoms with Crippen molar-refractivity contribution >= 4 is 50.7 Å². The molecule has 2 fully saturated rings. The van der Waals surface area contributed by atoms with Crippen molar-refractivity contribution in [3.05, 3.63) is 59.0 Å². The molecular formula is C33H41FN6O4S. The molecule has 0 radical (unpaired) electrons. The molecule has 1 saturated heterocycles. The number of carbonyl (C=O) groups excluding carboxylic acids is 4. The van der Waals surface area contributed by atoms with Crippen molar-refractivity contribution in [2.24, 2.45) is 5.92 Å². The first-order chi connectivity index (χ1) is 21.7. The third-order valence-corrected chi connectivity index (χ3v) is 9.75. The monoisotopic (exact) mass is 636 g/mol. The number of aromatic nitrogens is 1. The molecule has 12 heteroatoms. The largest absolute Gasteiger partial charge is 0.344 e. The van der Waals surface area contributed by atoms with E-state index < -0.39 is 23.8 Å². The fourth-order valence-corrected chi connectivity index (χ4v) is 7.02. The zero-order chi connectivity index (χ0) is 31.9. The van der Waals surface area contributed by atoms with Crippen LogP contribution in [0, 0.1) is 11.7 Å². The number of nitrogens with zero attached hydrogens (tertiary/aromatic N) is 3. The molecule has 0 bridgehead atoms. The van der Waals surface area contributed by atoms with Crippen molar-refractivity contribution in [3.8, 4) is 0 Å². The highest BCUT2D eigenvalue weighted by Gasteiger charge is 2.33. The summed E-state index contributed by atoms with van der Waals surface area (Å²) in [5.41, 5.74) is 0.994. The van der Waals surface area contributed by atoms with Gasteiger partial charge in [0.25, 0.3) is 5.91 Å². The normalized spacial score (nSPS) is 17.4. The van der Waals surface area contributed by atoms with Gasteiger partial charge in [-0.2, -0.15) is 0 Å². The minimum Gasteiger partial charge on any atom is -0.344 e. The van der Waals surface area contributed by atoms with Gasteiger partial charge < -0.3 is 25.8 Å². The second-order valence-electron chi connectivity index (χ2n) is 12.0. The molecule has 45 heavy (non-hydrogen) atoms. The smallest absolute Gasteiger partial charge is 0.253 e. The van der Waals surface area contributed by atoms with Crippen LogP contribution in [0.5, 0.6) is 0 Å². The summed E-state index contributed by atoms with van der Waals surface area (Å²) in [4.78, 5) is 60.6. The predicted octanol–water partition coefficient (Wildman–Crippen LogP) is 3.96. The zero-order valence-corrected chi connectivity index (χ0v) is 26.6. The number of rotatable bonds is 10. The lowest BCUT2D eigenvalue weighted by Gasteiger charge is -2.34. The summed E-state index contributed by atoms with van der Waals surface area (Å²) >= 11 is 1.42. The molecule has 1 aliphatic heterocycles. The van der Waals surface area contributed by atoms with E-state index in [4.69, 9.17) is 0 Å². The lowest BCUT2D eigenvalue weighted by Crippen LogP contribution is -2.54. The Labute approximate surface area is 266 Å². The van der Waals surface area contributed by atoms with Crippen LogP contribution in [0.25, 0.3) is 10.1 Å². The minimum atomic E-state index is -0.830. The third kappa shape index (κ3) is 8.04. The van der Waals surface area contributed by atoms with Crippen molar-refractivity contribution < 1.29 is 23.6 Å². The van der Waals surface area contributed by atoms with Gasteiger partial charge in [-0.25, -0.2) is 4.39 Å². The average molecular weight is 637 g/mol. The number of nitrogens with one attached hydrogen (secondary N) is 3. The van der Waals surface area contributed by atoms with Crippen LogP contribution in [0.15, 0.2) is 42.0 Å². The molecule has 5 rings (SSSR count). The number of thiophene rings is 1. The van der Waals surface area contributed by atoms with Crippen molar-refractivity contribution in [3.63, 3.8) is 0 Å². The van der Waals surface area contributed by atoms with E-state index in [1.54, 1.807) is 41.7 Å². The number of halogens is 1. The highest BCUT2D eigenvalue weighted by atomic mass is 32.1. The maximum atomic E-state index is 15.5. The van der Waals surface area contributed by atoms with E-state index in [2.05, 4.69) is 25.8 Å². The lowest BCUT2D eigenvalue weighted by atomic mass is 9.83. The van der Waals surface area contributed by atoms with Crippen LogP contribution in [-0.4, -0.2) is 83.7 Å². The number of pyridine rings is 1. The molecule has 1 saturated carbocycles. The maximum absolute atomic E-state index is 15.5. The van der Waals surface area contributed by atoms with Crippen molar-refractivity contribution in [2.45, 2.75) is 64.0 Å². The number of hydrogen-bond acceptors (Lipinski definition) is 7. The highest BCUT2D eigenvalue weighted by Crippen LogP contribution is 2.29. The Morgan fingerprint density at radius 1 is 1.04 bits per heavy atom. The molecule has 0 spiro atoms. The summed E-state index contributed by atoms with van der Waals surface area (Å²) in [7, 11) is 2.00. The topological polar surface area (TPSA) is 124 Å². The Bertz CT molecular complexity index is 1530. The van der Waals surface area contributed by atoms with Gasteiger partial charge >= 0.3 is 0 Å². The third-order valence-electron chi connectivity index (χ3n) is 8.81. The van der Waals surface area contributed by atoms with Gasteiger partial charge in [0.1, 0.15) is 17.9 Å². The molecule has 240 valence electrons. The quantitative estimate of drug-likeness (QED) is 0.310. The molecule has 3 N–H and O–H groups in total. The van der Waals surface area contributed by atoms with E-state index in [9.17, 15) is 19.2 Å². The second kappa shape index (κ2) is 14.9. The first-order valence-electron chi connectivity index (χ1n) is 15.7. The van der Waals surface area contributed by atoms with Gasteiger partial charge in [0.2, 0.25) is 17.7 Å². The van der Waals surface area contributed by atoms with Crippen LogP contribution in [0.3, 0.4) is 0 Å². The average Bonchev–Trinajstić information content (AvgIpc) is 3.49.